The van der Waals surface area contributed by atoms with Gasteiger partial charge in [0.05, 0.1) is 4.90 Å². The van der Waals surface area contributed by atoms with Gasteiger partial charge in [0.25, 0.3) is 15.8 Å². The van der Waals surface area contributed by atoms with E-state index in [-0.39, 0.29) is 10.3 Å². The first-order chi connectivity index (χ1) is 15.5. The molecule has 0 aliphatic carbocycles. The fourth-order valence-corrected chi connectivity index (χ4v) is 5.28. The SMILES string of the molecule is CCc1cc(Sc2ccc(NS(=O)(=O)c3ccc(C(C)(C)C)cc3)cc2)n2nc(C)nc2n1. The highest BCUT2D eigenvalue weighted by Crippen LogP contribution is 2.30. The number of sulfonamides is 1. The second-order valence-electron chi connectivity index (χ2n) is 8.82. The molecular formula is C24H27N5O2S2. The van der Waals surface area contributed by atoms with Crippen LogP contribution in [0.5, 0.6) is 0 Å². The molecule has 0 radical (unpaired) electrons. The molecule has 0 aliphatic rings. The van der Waals surface area contributed by atoms with Crippen LogP contribution in [0.1, 0.15) is 44.8 Å². The van der Waals surface area contributed by atoms with E-state index in [0.717, 1.165) is 27.6 Å². The number of aryl methyl sites for hydroxylation is 2. The predicted molar refractivity (Wildman–Crippen MR) is 131 cm³/mol. The first kappa shape index (κ1) is 23.3. The largest absolute Gasteiger partial charge is 0.280 e. The van der Waals surface area contributed by atoms with E-state index in [0.29, 0.717) is 17.3 Å². The summed E-state index contributed by atoms with van der Waals surface area (Å²) in [5.41, 5.74) is 2.50. The van der Waals surface area contributed by atoms with E-state index < -0.39 is 10.0 Å². The van der Waals surface area contributed by atoms with E-state index in [1.54, 1.807) is 28.8 Å². The molecule has 0 unspecified atom stereocenters. The third-order valence-electron chi connectivity index (χ3n) is 5.16. The molecule has 0 aliphatic heterocycles. The van der Waals surface area contributed by atoms with Crippen molar-refractivity contribution < 1.29 is 8.42 Å². The Bertz CT molecular complexity index is 1390. The number of nitrogens with zero attached hydrogens (tertiary/aromatic N) is 4. The van der Waals surface area contributed by atoms with Crippen molar-refractivity contribution in [1.29, 1.82) is 0 Å². The van der Waals surface area contributed by atoms with Crippen molar-refractivity contribution in [3.8, 4) is 0 Å². The molecule has 33 heavy (non-hydrogen) atoms. The molecule has 0 spiro atoms. The summed E-state index contributed by atoms with van der Waals surface area (Å²) in [5.74, 6) is 1.24. The molecule has 1 N–H and O–H groups in total. The van der Waals surface area contributed by atoms with Crippen molar-refractivity contribution in [2.24, 2.45) is 0 Å². The van der Waals surface area contributed by atoms with E-state index in [4.69, 9.17) is 0 Å². The number of benzene rings is 2. The van der Waals surface area contributed by atoms with Gasteiger partial charge in [-0.25, -0.2) is 13.4 Å². The van der Waals surface area contributed by atoms with Gasteiger partial charge in [0.15, 0.2) is 0 Å². The van der Waals surface area contributed by atoms with Crippen LogP contribution >= 0.6 is 11.8 Å². The lowest BCUT2D eigenvalue weighted by atomic mass is 9.87. The van der Waals surface area contributed by atoms with Crippen LogP contribution in [0.3, 0.4) is 0 Å². The Hall–Kier alpha value is -2.91. The van der Waals surface area contributed by atoms with Crippen molar-refractivity contribution in [2.45, 2.75) is 61.3 Å². The fourth-order valence-electron chi connectivity index (χ4n) is 3.30. The molecule has 2 aromatic heterocycles. The average Bonchev–Trinajstić information content (AvgIpc) is 3.14. The Morgan fingerprint density at radius 2 is 1.67 bits per heavy atom. The summed E-state index contributed by atoms with van der Waals surface area (Å²) in [5, 5.41) is 5.34. The van der Waals surface area contributed by atoms with E-state index in [9.17, 15) is 8.42 Å². The average molecular weight is 482 g/mol. The van der Waals surface area contributed by atoms with Crippen molar-refractivity contribution in [3.63, 3.8) is 0 Å². The summed E-state index contributed by atoms with van der Waals surface area (Å²) in [7, 11) is -3.67. The Morgan fingerprint density at radius 1 is 1.00 bits per heavy atom. The summed E-state index contributed by atoms with van der Waals surface area (Å²) in [6.45, 7) is 10.2. The van der Waals surface area contributed by atoms with E-state index in [2.05, 4.69) is 40.6 Å². The Labute approximate surface area is 198 Å². The summed E-state index contributed by atoms with van der Waals surface area (Å²) < 4.78 is 30.0. The van der Waals surface area contributed by atoms with Crippen molar-refractivity contribution >= 4 is 33.3 Å². The lowest BCUT2D eigenvalue weighted by molar-refractivity contribution is 0.587. The maximum atomic E-state index is 12.8. The van der Waals surface area contributed by atoms with Gasteiger partial charge in [0.1, 0.15) is 10.9 Å². The van der Waals surface area contributed by atoms with Crippen LogP contribution in [0.2, 0.25) is 0 Å². The third kappa shape index (κ3) is 5.20. The van der Waals surface area contributed by atoms with Crippen molar-refractivity contribution in [3.05, 3.63) is 71.7 Å². The lowest BCUT2D eigenvalue weighted by Gasteiger charge is -2.19. The van der Waals surface area contributed by atoms with E-state index in [1.165, 1.54) is 11.8 Å². The van der Waals surface area contributed by atoms with Gasteiger partial charge in [-0.2, -0.15) is 9.50 Å². The summed E-state index contributed by atoms with van der Waals surface area (Å²) in [6.07, 6.45) is 0.799. The molecule has 4 aromatic rings. The first-order valence-corrected chi connectivity index (χ1v) is 13.0. The van der Waals surface area contributed by atoms with Crippen LogP contribution in [0.15, 0.2) is 69.4 Å². The summed E-state index contributed by atoms with van der Waals surface area (Å²) in [6, 6.07) is 16.3. The minimum atomic E-state index is -3.67. The highest BCUT2D eigenvalue weighted by molar-refractivity contribution is 7.99. The molecule has 4 rings (SSSR count). The minimum absolute atomic E-state index is 0.0353. The Kier molecular flexibility index (Phi) is 6.20. The zero-order valence-corrected chi connectivity index (χ0v) is 21.0. The standard InChI is InChI=1S/C24H27N5O2S2/c1-6-18-15-22(29-23(26-18)25-16(2)27-29)32-20-11-9-19(10-12-20)28-33(30,31)21-13-7-17(8-14-21)24(3,4)5/h7-15,28H,6H2,1-5H3. The topological polar surface area (TPSA) is 89.2 Å². The molecule has 0 saturated heterocycles. The normalized spacial score (nSPS) is 12.3. The van der Waals surface area contributed by atoms with Gasteiger partial charge < -0.3 is 0 Å². The molecule has 9 heteroatoms. The van der Waals surface area contributed by atoms with Crippen LogP contribution in [0.25, 0.3) is 5.78 Å². The second kappa shape index (κ2) is 8.79. The molecule has 2 heterocycles. The Morgan fingerprint density at radius 3 is 2.27 bits per heavy atom. The molecule has 0 atom stereocenters. The molecule has 172 valence electrons. The number of hydrogen-bond donors (Lipinski definition) is 1. The van der Waals surface area contributed by atoms with Gasteiger partial charge in [-0.1, -0.05) is 51.6 Å². The second-order valence-corrected chi connectivity index (χ2v) is 11.6. The van der Waals surface area contributed by atoms with Crippen molar-refractivity contribution in [1.82, 2.24) is 19.6 Å². The van der Waals surface area contributed by atoms with Crippen LogP contribution in [-0.4, -0.2) is 28.0 Å². The zero-order valence-electron chi connectivity index (χ0n) is 19.3. The van der Waals surface area contributed by atoms with E-state index >= 15 is 0 Å². The fraction of sp³-hybridized carbons (Fsp3) is 0.292. The minimum Gasteiger partial charge on any atom is -0.280 e. The summed E-state index contributed by atoms with van der Waals surface area (Å²) >= 11 is 1.53. The van der Waals surface area contributed by atoms with Crippen LogP contribution in [-0.2, 0) is 21.9 Å². The first-order valence-electron chi connectivity index (χ1n) is 10.7. The van der Waals surface area contributed by atoms with Crippen LogP contribution < -0.4 is 4.72 Å². The molecule has 0 bridgehead atoms. The van der Waals surface area contributed by atoms with Gasteiger partial charge in [0.2, 0.25) is 0 Å². The number of hydrogen-bond acceptors (Lipinski definition) is 6. The highest BCUT2D eigenvalue weighted by atomic mass is 32.2. The van der Waals surface area contributed by atoms with Crippen LogP contribution in [0, 0.1) is 6.92 Å². The van der Waals surface area contributed by atoms with Gasteiger partial charge in [-0.15, -0.1) is 5.10 Å². The molecule has 0 fully saturated rings. The molecule has 0 saturated carbocycles. The maximum absolute atomic E-state index is 12.8. The smallest absolute Gasteiger partial charge is 0.261 e. The molecule has 7 nitrogen and oxygen atoms in total. The molecule has 0 amide bonds. The van der Waals surface area contributed by atoms with Crippen LogP contribution in [0.4, 0.5) is 5.69 Å². The maximum Gasteiger partial charge on any atom is 0.261 e. The number of nitrogens with one attached hydrogen (secondary N) is 1. The van der Waals surface area contributed by atoms with Gasteiger partial charge in [0, 0.05) is 16.3 Å². The van der Waals surface area contributed by atoms with Gasteiger partial charge in [-0.05, 0) is 66.8 Å². The third-order valence-corrected chi connectivity index (χ3v) is 7.57. The zero-order chi connectivity index (χ0) is 23.8. The highest BCUT2D eigenvalue weighted by Gasteiger charge is 2.18. The number of rotatable bonds is 6. The number of anilines is 1. The summed E-state index contributed by atoms with van der Waals surface area (Å²) in [4.78, 5) is 10.1. The number of aromatic nitrogens is 4. The molecular weight excluding hydrogens is 454 g/mol. The van der Waals surface area contributed by atoms with Crippen molar-refractivity contribution in [2.75, 3.05) is 4.72 Å². The predicted octanol–water partition coefficient (Wildman–Crippen LogP) is 5.24. The lowest BCUT2D eigenvalue weighted by Crippen LogP contribution is -2.14. The van der Waals surface area contributed by atoms with Gasteiger partial charge >= 0.3 is 0 Å². The quantitative estimate of drug-likeness (QED) is 0.379. The van der Waals surface area contributed by atoms with Gasteiger partial charge in [-0.3, -0.25) is 4.72 Å². The number of fused-ring (bicyclic) bond motifs is 1. The van der Waals surface area contributed by atoms with E-state index in [1.807, 2.05) is 44.2 Å². The monoisotopic (exact) mass is 481 g/mol. The molecule has 2 aromatic carbocycles. The Balaban J connectivity index is 1.53.